The van der Waals surface area contributed by atoms with Gasteiger partial charge in [-0.1, -0.05) is 18.2 Å². The molecule has 132 valence electrons. The molecule has 0 unspecified atom stereocenters. The predicted molar refractivity (Wildman–Crippen MR) is 92.0 cm³/mol. The number of aliphatic hydroxyl groups is 1. The molecule has 2 amide bonds. The number of anilines is 1. The Labute approximate surface area is 145 Å². The quantitative estimate of drug-likeness (QED) is 0.668. The summed E-state index contributed by atoms with van der Waals surface area (Å²) in [5.74, 6) is -0.751. The van der Waals surface area contributed by atoms with Gasteiger partial charge < -0.3 is 25.1 Å². The van der Waals surface area contributed by atoms with Crippen molar-refractivity contribution in [1.82, 2.24) is 10.6 Å². The van der Waals surface area contributed by atoms with Gasteiger partial charge in [-0.2, -0.15) is 0 Å². The fourth-order valence-electron chi connectivity index (χ4n) is 3.05. The highest BCUT2D eigenvalue weighted by Crippen LogP contribution is 2.34. The van der Waals surface area contributed by atoms with Crippen molar-refractivity contribution in [2.75, 3.05) is 31.1 Å². The Hall–Kier alpha value is -2.80. The third-order valence-corrected chi connectivity index (χ3v) is 4.23. The highest BCUT2D eigenvalue weighted by atomic mass is 16.3. The number of hydrogen-bond acceptors (Lipinski definition) is 5. The Morgan fingerprint density at radius 2 is 1.96 bits per heavy atom. The monoisotopic (exact) mass is 343 g/mol. The fraction of sp³-hybridized carbons (Fsp3) is 0.333. The van der Waals surface area contributed by atoms with E-state index in [9.17, 15) is 9.59 Å². The molecule has 25 heavy (non-hydrogen) atoms. The van der Waals surface area contributed by atoms with E-state index in [4.69, 9.17) is 9.52 Å². The SMILES string of the molecule is O=C(NCCO)C(=O)NC[C@H](c1ccco1)N1CCc2ccccc21. The minimum Gasteiger partial charge on any atom is -0.467 e. The summed E-state index contributed by atoms with van der Waals surface area (Å²) >= 11 is 0. The molecule has 1 aliphatic rings. The molecule has 0 saturated carbocycles. The zero-order chi connectivity index (χ0) is 17.6. The largest absolute Gasteiger partial charge is 0.467 e. The molecule has 1 atom stereocenters. The number of carbonyl (C=O) groups is 2. The lowest BCUT2D eigenvalue weighted by molar-refractivity contribution is -0.139. The normalized spacial score (nSPS) is 14.0. The molecule has 3 N–H and O–H groups in total. The van der Waals surface area contributed by atoms with Gasteiger partial charge in [-0.15, -0.1) is 0 Å². The van der Waals surface area contributed by atoms with Gasteiger partial charge in [-0.25, -0.2) is 0 Å². The number of nitrogens with one attached hydrogen (secondary N) is 2. The molecule has 7 nitrogen and oxygen atoms in total. The van der Waals surface area contributed by atoms with Crippen LogP contribution in [0.25, 0.3) is 0 Å². The Morgan fingerprint density at radius 1 is 1.16 bits per heavy atom. The summed E-state index contributed by atoms with van der Waals surface area (Å²) in [6.07, 6.45) is 2.53. The number of amides is 2. The second-order valence-electron chi connectivity index (χ2n) is 5.79. The van der Waals surface area contributed by atoms with Crippen molar-refractivity contribution in [3.63, 3.8) is 0 Å². The first-order valence-corrected chi connectivity index (χ1v) is 8.25. The van der Waals surface area contributed by atoms with Gasteiger partial charge in [-0.3, -0.25) is 9.59 Å². The summed E-state index contributed by atoms with van der Waals surface area (Å²) in [6, 6.07) is 11.6. The van der Waals surface area contributed by atoms with Gasteiger partial charge in [0.15, 0.2) is 0 Å². The van der Waals surface area contributed by atoms with E-state index in [2.05, 4.69) is 21.6 Å². The van der Waals surface area contributed by atoms with Crippen molar-refractivity contribution in [1.29, 1.82) is 0 Å². The number of rotatable bonds is 6. The van der Waals surface area contributed by atoms with E-state index in [1.165, 1.54) is 5.56 Å². The van der Waals surface area contributed by atoms with Crippen LogP contribution in [0, 0.1) is 0 Å². The minimum atomic E-state index is -0.755. The number of hydrogen-bond donors (Lipinski definition) is 3. The second kappa shape index (κ2) is 7.85. The highest BCUT2D eigenvalue weighted by Gasteiger charge is 2.29. The number of nitrogens with zero attached hydrogens (tertiary/aromatic N) is 1. The highest BCUT2D eigenvalue weighted by molar-refractivity contribution is 6.35. The van der Waals surface area contributed by atoms with Crippen LogP contribution in [0.4, 0.5) is 5.69 Å². The van der Waals surface area contributed by atoms with E-state index in [-0.39, 0.29) is 25.7 Å². The first-order valence-electron chi connectivity index (χ1n) is 8.25. The van der Waals surface area contributed by atoms with Gasteiger partial charge in [0.1, 0.15) is 11.8 Å². The van der Waals surface area contributed by atoms with Crippen LogP contribution in [0.1, 0.15) is 17.4 Å². The van der Waals surface area contributed by atoms with Gasteiger partial charge in [0.05, 0.1) is 12.9 Å². The summed E-state index contributed by atoms with van der Waals surface area (Å²) in [7, 11) is 0. The number of benzene rings is 1. The molecule has 0 aliphatic carbocycles. The van der Waals surface area contributed by atoms with Gasteiger partial charge in [0.25, 0.3) is 0 Å². The van der Waals surface area contributed by atoms with Gasteiger partial charge >= 0.3 is 11.8 Å². The third kappa shape index (κ3) is 3.83. The molecule has 1 aliphatic heterocycles. The summed E-state index contributed by atoms with van der Waals surface area (Å²) in [4.78, 5) is 25.8. The van der Waals surface area contributed by atoms with E-state index in [0.717, 1.165) is 24.4 Å². The van der Waals surface area contributed by atoms with Crippen LogP contribution >= 0.6 is 0 Å². The second-order valence-corrected chi connectivity index (χ2v) is 5.79. The average molecular weight is 343 g/mol. The average Bonchev–Trinajstić information content (AvgIpc) is 3.30. The number of carbonyl (C=O) groups excluding carboxylic acids is 2. The number of aliphatic hydroxyl groups excluding tert-OH is 1. The molecule has 2 heterocycles. The number of furan rings is 1. The molecular formula is C18H21N3O4. The summed E-state index contributed by atoms with van der Waals surface area (Å²) < 4.78 is 5.55. The molecule has 0 radical (unpaired) electrons. The molecule has 3 rings (SSSR count). The van der Waals surface area contributed by atoms with Crippen LogP contribution < -0.4 is 15.5 Å². The molecule has 0 spiro atoms. The Balaban J connectivity index is 1.72. The van der Waals surface area contributed by atoms with Gasteiger partial charge in [-0.05, 0) is 30.2 Å². The first-order chi connectivity index (χ1) is 12.2. The van der Waals surface area contributed by atoms with Gasteiger partial charge in [0.2, 0.25) is 0 Å². The van der Waals surface area contributed by atoms with Crippen molar-refractivity contribution >= 4 is 17.5 Å². The fourth-order valence-corrected chi connectivity index (χ4v) is 3.05. The summed E-state index contributed by atoms with van der Waals surface area (Å²) in [6.45, 7) is 0.899. The van der Waals surface area contributed by atoms with E-state index in [0.29, 0.717) is 0 Å². The number of fused-ring (bicyclic) bond motifs is 1. The lowest BCUT2D eigenvalue weighted by Gasteiger charge is -2.29. The molecule has 2 aromatic rings. The van der Waals surface area contributed by atoms with E-state index < -0.39 is 11.8 Å². The van der Waals surface area contributed by atoms with E-state index in [1.54, 1.807) is 12.3 Å². The first kappa shape index (κ1) is 17.0. The van der Waals surface area contributed by atoms with Crippen LogP contribution in [-0.2, 0) is 16.0 Å². The molecule has 0 bridgehead atoms. The van der Waals surface area contributed by atoms with Crippen molar-refractivity contribution in [3.05, 3.63) is 54.0 Å². The van der Waals surface area contributed by atoms with Crippen LogP contribution in [0.15, 0.2) is 47.1 Å². The Kier molecular flexibility index (Phi) is 5.35. The maximum atomic E-state index is 11.9. The smallest absolute Gasteiger partial charge is 0.309 e. The topological polar surface area (TPSA) is 94.8 Å². The third-order valence-electron chi connectivity index (χ3n) is 4.23. The molecular weight excluding hydrogens is 322 g/mol. The van der Waals surface area contributed by atoms with Crippen molar-refractivity contribution in [2.24, 2.45) is 0 Å². The lowest BCUT2D eigenvalue weighted by atomic mass is 10.1. The molecule has 1 aromatic heterocycles. The van der Waals surface area contributed by atoms with Crippen LogP contribution in [0.2, 0.25) is 0 Å². The maximum absolute atomic E-state index is 11.9. The van der Waals surface area contributed by atoms with Crippen molar-refractivity contribution in [3.8, 4) is 0 Å². The Morgan fingerprint density at radius 3 is 2.72 bits per heavy atom. The van der Waals surface area contributed by atoms with Crippen LogP contribution in [0.3, 0.4) is 0 Å². The predicted octanol–water partition coefficient (Wildman–Crippen LogP) is 0.608. The van der Waals surface area contributed by atoms with E-state index in [1.807, 2.05) is 24.3 Å². The van der Waals surface area contributed by atoms with Crippen molar-refractivity contribution in [2.45, 2.75) is 12.5 Å². The maximum Gasteiger partial charge on any atom is 0.309 e. The van der Waals surface area contributed by atoms with Gasteiger partial charge in [0, 0.05) is 25.3 Å². The van der Waals surface area contributed by atoms with Crippen LogP contribution in [0.5, 0.6) is 0 Å². The molecule has 1 aromatic carbocycles. The zero-order valence-electron chi connectivity index (χ0n) is 13.8. The standard InChI is InChI=1S/C18H21N3O4/c22-10-8-19-17(23)18(24)20-12-15(16-6-3-11-25-16)21-9-7-13-4-1-2-5-14(13)21/h1-6,11,15,22H,7-10,12H2,(H,19,23)(H,20,24)/t15-/m1/s1. The summed E-state index contributed by atoms with van der Waals surface area (Å²) in [5, 5.41) is 13.7. The Bertz CT molecular complexity index is 730. The summed E-state index contributed by atoms with van der Waals surface area (Å²) in [5.41, 5.74) is 2.37. The van der Waals surface area contributed by atoms with Crippen LogP contribution in [-0.4, -0.2) is 43.2 Å². The van der Waals surface area contributed by atoms with Crippen molar-refractivity contribution < 1.29 is 19.1 Å². The molecule has 7 heteroatoms. The lowest BCUT2D eigenvalue weighted by Crippen LogP contribution is -2.44. The molecule has 0 fully saturated rings. The number of para-hydroxylation sites is 1. The molecule has 0 saturated heterocycles. The van der Waals surface area contributed by atoms with E-state index >= 15 is 0 Å². The minimum absolute atomic E-state index is 0.0490. The zero-order valence-corrected chi connectivity index (χ0v) is 13.8.